The van der Waals surface area contributed by atoms with Gasteiger partial charge in [0.05, 0.1) is 25.4 Å². The minimum absolute atomic E-state index is 0.174. The van der Waals surface area contributed by atoms with E-state index in [-0.39, 0.29) is 11.9 Å². The largest absolute Gasteiger partial charge is 0.493 e. The number of thiophene rings is 1. The number of benzene rings is 1. The van der Waals surface area contributed by atoms with Gasteiger partial charge in [0.25, 0.3) is 5.91 Å². The van der Waals surface area contributed by atoms with Gasteiger partial charge in [0.15, 0.2) is 11.5 Å². The van der Waals surface area contributed by atoms with Gasteiger partial charge in [-0.3, -0.25) is 10.1 Å². The van der Waals surface area contributed by atoms with E-state index in [1.807, 2.05) is 25.1 Å². The number of hydrogen-bond donors (Lipinski definition) is 2. The molecule has 0 radical (unpaired) electrons. The first-order chi connectivity index (χ1) is 13.6. The monoisotopic (exact) mass is 417 g/mol. The maximum atomic E-state index is 12.9. The molecule has 144 valence electrons. The van der Waals surface area contributed by atoms with Crippen LogP contribution in [0.5, 0.6) is 11.5 Å². The number of aromatic amines is 1. The molecule has 0 saturated carbocycles. The summed E-state index contributed by atoms with van der Waals surface area (Å²) in [5, 5.41) is 16.7. The highest BCUT2D eigenvalue weighted by atomic mass is 32.2. The second-order valence-corrected chi connectivity index (χ2v) is 7.72. The first-order valence-electron chi connectivity index (χ1n) is 8.06. The van der Waals surface area contributed by atoms with Crippen molar-refractivity contribution >= 4 is 45.0 Å². The lowest BCUT2D eigenvalue weighted by Gasteiger charge is -2.08. The van der Waals surface area contributed by atoms with Crippen LogP contribution in [0.4, 0.5) is 5.95 Å². The maximum absolute atomic E-state index is 12.9. The predicted octanol–water partition coefficient (Wildman–Crippen LogP) is 3.74. The lowest BCUT2D eigenvalue weighted by Crippen LogP contribution is -2.12. The summed E-state index contributed by atoms with van der Waals surface area (Å²) in [4.78, 5) is 15.1. The van der Waals surface area contributed by atoms with Crippen LogP contribution in [-0.2, 0) is 0 Å². The molecular weight excluding hydrogens is 402 g/mol. The third kappa shape index (κ3) is 3.29. The fourth-order valence-electron chi connectivity index (χ4n) is 2.62. The second-order valence-electron chi connectivity index (χ2n) is 5.61. The third-order valence-corrected chi connectivity index (χ3v) is 6.51. The SMILES string of the molecule is COc1cc2sc(C(=O)Nc3nnn[nH]3)c(Sc3ccoc3C)c2cc1OC. The number of carbonyl (C=O) groups is 1. The van der Waals surface area contributed by atoms with Gasteiger partial charge in [0.2, 0.25) is 5.95 Å². The van der Waals surface area contributed by atoms with Crippen LogP contribution in [0.25, 0.3) is 10.1 Å². The Morgan fingerprint density at radius 3 is 2.71 bits per heavy atom. The van der Waals surface area contributed by atoms with Gasteiger partial charge in [-0.05, 0) is 29.5 Å². The number of nitrogens with zero attached hydrogens (tertiary/aromatic N) is 3. The van der Waals surface area contributed by atoms with Gasteiger partial charge in [-0.2, -0.15) is 0 Å². The van der Waals surface area contributed by atoms with E-state index in [1.165, 1.54) is 23.1 Å². The number of H-pyrrole nitrogens is 1. The molecule has 0 bridgehead atoms. The van der Waals surface area contributed by atoms with Crippen LogP contribution in [0.2, 0.25) is 0 Å². The van der Waals surface area contributed by atoms with E-state index in [1.54, 1.807) is 20.5 Å². The topological polar surface area (TPSA) is 115 Å². The first kappa shape index (κ1) is 18.3. The highest BCUT2D eigenvalue weighted by Gasteiger charge is 2.23. The van der Waals surface area contributed by atoms with Crippen molar-refractivity contribution in [2.45, 2.75) is 16.7 Å². The Balaban J connectivity index is 1.85. The molecule has 0 aliphatic carbocycles. The highest BCUT2D eigenvalue weighted by Crippen LogP contribution is 2.46. The van der Waals surface area contributed by atoms with Gasteiger partial charge < -0.3 is 13.9 Å². The normalized spacial score (nSPS) is 11.0. The quantitative estimate of drug-likeness (QED) is 0.487. The van der Waals surface area contributed by atoms with Gasteiger partial charge in [-0.15, -0.1) is 11.3 Å². The Bertz CT molecular complexity index is 1140. The Morgan fingerprint density at radius 1 is 1.29 bits per heavy atom. The van der Waals surface area contributed by atoms with Crippen molar-refractivity contribution < 1.29 is 18.7 Å². The van der Waals surface area contributed by atoms with Crippen LogP contribution in [0, 0.1) is 6.92 Å². The lowest BCUT2D eigenvalue weighted by atomic mass is 10.2. The van der Waals surface area contributed by atoms with E-state index in [0.29, 0.717) is 16.4 Å². The number of methoxy groups -OCH3 is 2. The number of anilines is 1. The van der Waals surface area contributed by atoms with Crippen LogP contribution in [-0.4, -0.2) is 40.8 Å². The molecule has 0 unspecified atom stereocenters. The number of aromatic nitrogens is 4. The van der Waals surface area contributed by atoms with Gasteiger partial charge in [0, 0.05) is 21.0 Å². The van der Waals surface area contributed by atoms with Crippen molar-refractivity contribution in [1.82, 2.24) is 20.6 Å². The van der Waals surface area contributed by atoms with Crippen LogP contribution in [0.3, 0.4) is 0 Å². The summed E-state index contributed by atoms with van der Waals surface area (Å²) >= 11 is 2.80. The molecule has 2 N–H and O–H groups in total. The summed E-state index contributed by atoms with van der Waals surface area (Å²) < 4.78 is 17.1. The van der Waals surface area contributed by atoms with Crippen molar-refractivity contribution in [3.05, 3.63) is 35.1 Å². The number of fused-ring (bicyclic) bond motifs is 1. The van der Waals surface area contributed by atoms with Crippen molar-refractivity contribution in [3.63, 3.8) is 0 Å². The number of hydrogen-bond acceptors (Lipinski definition) is 9. The number of tetrazole rings is 1. The molecule has 0 aliphatic rings. The zero-order valence-electron chi connectivity index (χ0n) is 15.1. The van der Waals surface area contributed by atoms with Crippen molar-refractivity contribution in [3.8, 4) is 11.5 Å². The zero-order chi connectivity index (χ0) is 19.7. The van der Waals surface area contributed by atoms with E-state index in [9.17, 15) is 4.79 Å². The number of amides is 1. The van der Waals surface area contributed by atoms with Gasteiger partial charge in [-0.1, -0.05) is 16.9 Å². The fourth-order valence-corrected chi connectivity index (χ4v) is 4.93. The van der Waals surface area contributed by atoms with E-state index >= 15 is 0 Å². The van der Waals surface area contributed by atoms with E-state index in [0.717, 1.165) is 25.6 Å². The average molecular weight is 417 g/mol. The van der Waals surface area contributed by atoms with Gasteiger partial charge >= 0.3 is 0 Å². The molecule has 0 saturated heterocycles. The van der Waals surface area contributed by atoms with E-state index in [2.05, 4.69) is 25.9 Å². The molecule has 1 amide bonds. The average Bonchev–Trinajstić information content (AvgIpc) is 3.42. The Kier molecular flexibility index (Phi) is 4.92. The predicted molar refractivity (Wildman–Crippen MR) is 105 cm³/mol. The third-order valence-electron chi connectivity index (χ3n) is 3.96. The molecule has 4 aromatic rings. The first-order valence-corrected chi connectivity index (χ1v) is 9.69. The lowest BCUT2D eigenvalue weighted by molar-refractivity contribution is 0.102. The molecule has 0 spiro atoms. The number of aryl methyl sites for hydroxylation is 1. The number of nitrogens with one attached hydrogen (secondary N) is 2. The fraction of sp³-hybridized carbons (Fsp3) is 0.176. The molecule has 3 heterocycles. The van der Waals surface area contributed by atoms with Crippen molar-refractivity contribution in [1.29, 1.82) is 0 Å². The number of ether oxygens (including phenoxy) is 2. The molecule has 0 fully saturated rings. The van der Waals surface area contributed by atoms with Crippen LogP contribution in [0.15, 0.2) is 38.7 Å². The Morgan fingerprint density at radius 2 is 2.07 bits per heavy atom. The van der Waals surface area contributed by atoms with Crippen LogP contribution >= 0.6 is 23.1 Å². The molecule has 28 heavy (non-hydrogen) atoms. The molecule has 3 aromatic heterocycles. The van der Waals surface area contributed by atoms with Gasteiger partial charge in [-0.25, -0.2) is 5.10 Å². The minimum atomic E-state index is -0.318. The standard InChI is InChI=1S/C17H15N5O4S2/c1-8-12(4-5-26-8)27-14-9-6-10(24-2)11(25-3)7-13(9)28-15(14)16(23)18-17-19-21-22-20-17/h4-7H,1-3H3,(H2,18,19,20,21,22,23). The molecule has 0 atom stereocenters. The molecule has 4 rings (SSSR count). The Labute approximate surface area is 167 Å². The minimum Gasteiger partial charge on any atom is -0.493 e. The van der Waals surface area contributed by atoms with E-state index < -0.39 is 0 Å². The summed E-state index contributed by atoms with van der Waals surface area (Å²) in [5.41, 5.74) is 0. The summed E-state index contributed by atoms with van der Waals surface area (Å²) in [6, 6.07) is 5.60. The molecular formula is C17H15N5O4S2. The molecule has 0 aliphatic heterocycles. The summed E-state index contributed by atoms with van der Waals surface area (Å²) in [6.07, 6.45) is 1.62. The Hall–Kier alpha value is -3.05. The van der Waals surface area contributed by atoms with E-state index in [4.69, 9.17) is 13.9 Å². The highest BCUT2D eigenvalue weighted by molar-refractivity contribution is 7.99. The summed E-state index contributed by atoms with van der Waals surface area (Å²) in [5.74, 6) is 1.81. The molecule has 11 heteroatoms. The summed E-state index contributed by atoms with van der Waals surface area (Å²) in [7, 11) is 3.15. The number of carbonyl (C=O) groups excluding carboxylic acids is 1. The summed E-state index contributed by atoms with van der Waals surface area (Å²) in [6.45, 7) is 1.88. The van der Waals surface area contributed by atoms with Crippen molar-refractivity contribution in [2.24, 2.45) is 0 Å². The zero-order valence-corrected chi connectivity index (χ0v) is 16.7. The number of rotatable bonds is 6. The van der Waals surface area contributed by atoms with Crippen LogP contribution < -0.4 is 14.8 Å². The van der Waals surface area contributed by atoms with Crippen LogP contribution in [0.1, 0.15) is 15.4 Å². The second kappa shape index (κ2) is 7.52. The van der Waals surface area contributed by atoms with Gasteiger partial charge in [0.1, 0.15) is 10.6 Å². The maximum Gasteiger partial charge on any atom is 0.269 e. The molecule has 9 nitrogen and oxygen atoms in total. The molecule has 1 aromatic carbocycles. The van der Waals surface area contributed by atoms with Crippen molar-refractivity contribution in [2.75, 3.05) is 19.5 Å². The number of furan rings is 1. The smallest absolute Gasteiger partial charge is 0.269 e.